The summed E-state index contributed by atoms with van der Waals surface area (Å²) < 4.78 is 0. The molecule has 0 fully saturated rings. The number of aromatic nitrogens is 1. The zero-order valence-corrected chi connectivity index (χ0v) is 19.4. The topological polar surface area (TPSA) is 12.9 Å². The minimum absolute atomic E-state index is 0.357. The smallest absolute Gasteiger partial charge is 0.0300 e. The fourth-order valence-corrected chi connectivity index (χ4v) is 6.06. The second-order valence-corrected chi connectivity index (χ2v) is 10.0. The molecule has 2 aromatic carbocycles. The summed E-state index contributed by atoms with van der Waals surface area (Å²) in [6, 6.07) is 32.8. The highest BCUT2D eigenvalue weighted by Crippen LogP contribution is 2.34. The summed E-state index contributed by atoms with van der Waals surface area (Å²) in [7, 11) is 0. The molecule has 0 aliphatic heterocycles. The summed E-state index contributed by atoms with van der Waals surface area (Å²) in [6.45, 7) is 0. The first-order valence-electron chi connectivity index (χ1n) is 11.0. The molecule has 5 rings (SSSR count). The van der Waals surface area contributed by atoms with E-state index in [0.29, 0.717) is 11.8 Å². The van der Waals surface area contributed by atoms with Gasteiger partial charge in [-0.3, -0.25) is 4.98 Å². The van der Waals surface area contributed by atoms with Gasteiger partial charge in [0.1, 0.15) is 0 Å². The number of hydrogen-bond acceptors (Lipinski definition) is 3. The second-order valence-electron chi connectivity index (χ2n) is 8.07. The Morgan fingerprint density at radius 2 is 1.03 bits per heavy atom. The van der Waals surface area contributed by atoms with Gasteiger partial charge in [-0.05, 0) is 58.0 Å². The Labute approximate surface area is 198 Å². The molecule has 0 aliphatic rings. The van der Waals surface area contributed by atoms with Gasteiger partial charge in [0.05, 0.1) is 0 Å². The van der Waals surface area contributed by atoms with Crippen molar-refractivity contribution in [3.05, 3.63) is 146 Å². The molecule has 3 heteroatoms. The van der Waals surface area contributed by atoms with E-state index in [1.165, 1.54) is 32.0 Å². The van der Waals surface area contributed by atoms with E-state index in [2.05, 4.69) is 107 Å². The molecular formula is C29H25NS2. The van der Waals surface area contributed by atoms with E-state index in [1.807, 2.05) is 35.1 Å². The quantitative estimate of drug-likeness (QED) is 0.233. The van der Waals surface area contributed by atoms with Gasteiger partial charge in [-0.2, -0.15) is 0 Å². The molecule has 5 aromatic rings. The third-order valence-electron chi connectivity index (χ3n) is 5.91. The van der Waals surface area contributed by atoms with Crippen LogP contribution >= 0.6 is 22.7 Å². The maximum absolute atomic E-state index is 4.65. The molecular weight excluding hydrogens is 426 g/mol. The molecule has 0 spiro atoms. The standard InChI is InChI=1S/C29H25NS2/c1-3-9-24(10-4-1)26(28-13-7-15-31-28)18-22-17-23(21-30-20-22)19-27(29-14-8-16-32-29)25-11-5-2-6-12-25/h1-17,20-21,26-27H,18-19H2/t26-,27-/m0/s1. The first-order valence-corrected chi connectivity index (χ1v) is 12.7. The Hall–Kier alpha value is -3.01. The van der Waals surface area contributed by atoms with Gasteiger partial charge in [0.15, 0.2) is 0 Å². The molecule has 0 bridgehead atoms. The molecule has 1 nitrogen and oxygen atoms in total. The lowest BCUT2D eigenvalue weighted by atomic mass is 9.88. The Morgan fingerprint density at radius 1 is 0.562 bits per heavy atom. The van der Waals surface area contributed by atoms with Crippen molar-refractivity contribution in [3.8, 4) is 0 Å². The molecule has 0 aliphatic carbocycles. The highest BCUT2D eigenvalue weighted by atomic mass is 32.1. The average molecular weight is 452 g/mol. The van der Waals surface area contributed by atoms with Crippen molar-refractivity contribution in [2.24, 2.45) is 0 Å². The lowest BCUT2D eigenvalue weighted by Gasteiger charge is -2.18. The Bertz CT molecular complexity index is 1120. The van der Waals surface area contributed by atoms with Crippen LogP contribution in [0.5, 0.6) is 0 Å². The summed E-state index contributed by atoms with van der Waals surface area (Å²) in [5.41, 5.74) is 5.31. The Kier molecular flexibility index (Phi) is 6.57. The summed E-state index contributed by atoms with van der Waals surface area (Å²) in [4.78, 5) is 7.46. The van der Waals surface area contributed by atoms with Crippen LogP contribution in [0, 0.1) is 0 Å². The third kappa shape index (κ3) is 4.90. The highest BCUT2D eigenvalue weighted by molar-refractivity contribution is 7.10. The predicted octanol–water partition coefficient (Wildman–Crippen LogP) is 7.95. The van der Waals surface area contributed by atoms with Crippen molar-refractivity contribution in [1.82, 2.24) is 4.98 Å². The van der Waals surface area contributed by atoms with Crippen LogP contribution in [-0.4, -0.2) is 4.98 Å². The van der Waals surface area contributed by atoms with Gasteiger partial charge in [0.25, 0.3) is 0 Å². The molecule has 3 aromatic heterocycles. The number of thiophene rings is 2. The van der Waals surface area contributed by atoms with Crippen molar-refractivity contribution < 1.29 is 0 Å². The summed E-state index contributed by atoms with van der Waals surface area (Å²) in [6.07, 6.45) is 5.99. The predicted molar refractivity (Wildman–Crippen MR) is 137 cm³/mol. The van der Waals surface area contributed by atoms with Crippen LogP contribution in [0.3, 0.4) is 0 Å². The normalized spacial score (nSPS) is 13.0. The minimum Gasteiger partial charge on any atom is -0.264 e. The summed E-state index contributed by atoms with van der Waals surface area (Å²) in [5, 5.41) is 4.34. The number of pyridine rings is 1. The number of rotatable bonds is 8. The summed E-state index contributed by atoms with van der Waals surface area (Å²) >= 11 is 3.67. The maximum Gasteiger partial charge on any atom is 0.0300 e. The lowest BCUT2D eigenvalue weighted by molar-refractivity contribution is 0.795. The third-order valence-corrected chi connectivity index (χ3v) is 7.88. The average Bonchev–Trinajstić information content (AvgIpc) is 3.57. The molecule has 0 amide bonds. The molecule has 0 N–H and O–H groups in total. The SMILES string of the molecule is c1ccc([C@H](Cc2cncc(C[C@@H](c3ccccc3)c3cccs3)c2)c2cccs2)cc1. The van der Waals surface area contributed by atoms with Crippen LogP contribution in [-0.2, 0) is 12.8 Å². The van der Waals surface area contributed by atoms with Crippen LogP contribution in [0.15, 0.2) is 114 Å². The molecule has 0 radical (unpaired) electrons. The van der Waals surface area contributed by atoms with E-state index < -0.39 is 0 Å². The van der Waals surface area contributed by atoms with Gasteiger partial charge in [-0.15, -0.1) is 22.7 Å². The van der Waals surface area contributed by atoms with Crippen LogP contribution in [0.2, 0.25) is 0 Å². The minimum atomic E-state index is 0.357. The van der Waals surface area contributed by atoms with Gasteiger partial charge in [0, 0.05) is 34.0 Å². The fraction of sp³-hybridized carbons (Fsp3) is 0.138. The zero-order valence-electron chi connectivity index (χ0n) is 17.8. The molecule has 0 saturated heterocycles. The van der Waals surface area contributed by atoms with E-state index in [0.717, 1.165) is 12.8 Å². The maximum atomic E-state index is 4.65. The van der Waals surface area contributed by atoms with E-state index in [1.54, 1.807) is 0 Å². The lowest BCUT2D eigenvalue weighted by Crippen LogP contribution is -2.06. The van der Waals surface area contributed by atoms with Crippen molar-refractivity contribution in [2.45, 2.75) is 24.7 Å². The van der Waals surface area contributed by atoms with E-state index in [4.69, 9.17) is 0 Å². The fourth-order valence-electron chi connectivity index (χ4n) is 4.35. The van der Waals surface area contributed by atoms with E-state index in [9.17, 15) is 0 Å². The number of benzene rings is 2. The van der Waals surface area contributed by atoms with E-state index in [-0.39, 0.29) is 0 Å². The van der Waals surface area contributed by atoms with Crippen LogP contribution in [0.25, 0.3) is 0 Å². The highest BCUT2D eigenvalue weighted by Gasteiger charge is 2.19. The van der Waals surface area contributed by atoms with Crippen molar-refractivity contribution in [1.29, 1.82) is 0 Å². The van der Waals surface area contributed by atoms with Gasteiger partial charge >= 0.3 is 0 Å². The summed E-state index contributed by atoms with van der Waals surface area (Å²) in [5.74, 6) is 0.714. The van der Waals surface area contributed by atoms with Crippen molar-refractivity contribution in [2.75, 3.05) is 0 Å². The van der Waals surface area contributed by atoms with Crippen LogP contribution in [0.1, 0.15) is 43.8 Å². The zero-order chi connectivity index (χ0) is 21.6. The molecule has 0 unspecified atom stereocenters. The monoisotopic (exact) mass is 451 g/mol. The van der Waals surface area contributed by atoms with Crippen molar-refractivity contribution >= 4 is 22.7 Å². The largest absolute Gasteiger partial charge is 0.264 e. The van der Waals surface area contributed by atoms with Gasteiger partial charge < -0.3 is 0 Å². The molecule has 0 saturated carbocycles. The second kappa shape index (κ2) is 10.1. The molecule has 32 heavy (non-hydrogen) atoms. The van der Waals surface area contributed by atoms with Gasteiger partial charge in [-0.25, -0.2) is 0 Å². The first kappa shape index (κ1) is 20.9. The molecule has 3 heterocycles. The van der Waals surface area contributed by atoms with E-state index >= 15 is 0 Å². The Morgan fingerprint density at radius 3 is 1.44 bits per heavy atom. The first-order chi connectivity index (χ1) is 15.9. The van der Waals surface area contributed by atoms with Gasteiger partial charge in [0.2, 0.25) is 0 Å². The van der Waals surface area contributed by atoms with Crippen LogP contribution in [0.4, 0.5) is 0 Å². The van der Waals surface area contributed by atoms with Crippen LogP contribution < -0.4 is 0 Å². The van der Waals surface area contributed by atoms with Crippen molar-refractivity contribution in [3.63, 3.8) is 0 Å². The number of nitrogens with zero attached hydrogens (tertiary/aromatic N) is 1. The molecule has 2 atom stereocenters. The number of hydrogen-bond donors (Lipinski definition) is 0. The molecule has 158 valence electrons. The van der Waals surface area contributed by atoms with Gasteiger partial charge in [-0.1, -0.05) is 78.9 Å². The Balaban J connectivity index is 1.42.